The number of anilines is 1. The molecule has 0 unspecified atom stereocenters. The zero-order valence-electron chi connectivity index (χ0n) is 9.16. The summed E-state index contributed by atoms with van der Waals surface area (Å²) in [7, 11) is 0. The van der Waals surface area contributed by atoms with Crippen LogP contribution in [0.15, 0.2) is 18.2 Å². The van der Waals surface area contributed by atoms with E-state index >= 15 is 0 Å². The van der Waals surface area contributed by atoms with E-state index in [1.165, 1.54) is 19.3 Å². The molecule has 2 heteroatoms. The van der Waals surface area contributed by atoms with Gasteiger partial charge in [0.1, 0.15) is 6.07 Å². The van der Waals surface area contributed by atoms with Gasteiger partial charge in [0.2, 0.25) is 0 Å². The van der Waals surface area contributed by atoms with Gasteiger partial charge in [0.25, 0.3) is 0 Å². The Morgan fingerprint density at radius 2 is 1.93 bits per heavy atom. The maximum absolute atomic E-state index is 9.10. The smallest absolute Gasteiger partial charge is 0.101 e. The molecule has 0 atom stereocenters. The van der Waals surface area contributed by atoms with Crippen LogP contribution in [0.1, 0.15) is 30.4 Å². The van der Waals surface area contributed by atoms with Crippen LogP contribution in [0.5, 0.6) is 0 Å². The molecular formula is C13H16N2. The Bertz CT molecular complexity index is 384. The highest BCUT2D eigenvalue weighted by atomic mass is 15.1. The molecule has 2 nitrogen and oxygen atoms in total. The predicted molar refractivity (Wildman–Crippen MR) is 62.0 cm³/mol. The minimum Gasteiger partial charge on any atom is -0.370 e. The standard InChI is InChI=1S/C13H16N2/c1-11-5-6-13(12(9-11)10-14)15-7-3-2-4-8-15/h5-6,9H,2-4,7-8H2,1H3. The van der Waals surface area contributed by atoms with E-state index in [0.717, 1.165) is 29.9 Å². The first kappa shape index (κ1) is 10.0. The van der Waals surface area contributed by atoms with Crippen molar-refractivity contribution in [2.75, 3.05) is 18.0 Å². The first-order valence-electron chi connectivity index (χ1n) is 5.57. The molecule has 0 N–H and O–H groups in total. The van der Waals surface area contributed by atoms with Crippen LogP contribution in [0.4, 0.5) is 5.69 Å². The van der Waals surface area contributed by atoms with Gasteiger partial charge < -0.3 is 4.90 Å². The summed E-state index contributed by atoms with van der Waals surface area (Å²) in [5.74, 6) is 0. The average molecular weight is 200 g/mol. The van der Waals surface area contributed by atoms with Gasteiger partial charge in [0.05, 0.1) is 11.3 Å². The van der Waals surface area contributed by atoms with Gasteiger partial charge in [-0.25, -0.2) is 0 Å². The minimum absolute atomic E-state index is 0.817. The summed E-state index contributed by atoms with van der Waals surface area (Å²) in [5.41, 5.74) is 3.09. The van der Waals surface area contributed by atoms with Crippen LogP contribution < -0.4 is 4.90 Å². The molecule has 0 saturated carbocycles. The Hall–Kier alpha value is -1.49. The fourth-order valence-electron chi connectivity index (χ4n) is 2.15. The van der Waals surface area contributed by atoms with Crippen LogP contribution in [-0.2, 0) is 0 Å². The van der Waals surface area contributed by atoms with Crippen molar-refractivity contribution in [3.63, 3.8) is 0 Å². The quantitative estimate of drug-likeness (QED) is 0.697. The van der Waals surface area contributed by atoms with Crippen molar-refractivity contribution in [2.45, 2.75) is 26.2 Å². The third-order valence-corrected chi connectivity index (χ3v) is 2.97. The molecule has 1 aliphatic rings. The Labute approximate surface area is 91.1 Å². The van der Waals surface area contributed by atoms with Gasteiger partial charge in [0.15, 0.2) is 0 Å². The molecule has 1 aromatic carbocycles. The summed E-state index contributed by atoms with van der Waals surface area (Å²) < 4.78 is 0. The van der Waals surface area contributed by atoms with E-state index < -0.39 is 0 Å². The zero-order valence-corrected chi connectivity index (χ0v) is 9.16. The molecule has 1 aliphatic heterocycles. The lowest BCUT2D eigenvalue weighted by Gasteiger charge is -2.29. The number of benzene rings is 1. The maximum Gasteiger partial charge on any atom is 0.101 e. The van der Waals surface area contributed by atoms with Crippen LogP contribution in [0.25, 0.3) is 0 Å². The van der Waals surface area contributed by atoms with Crippen molar-refractivity contribution < 1.29 is 0 Å². The van der Waals surface area contributed by atoms with Crippen LogP contribution in [-0.4, -0.2) is 13.1 Å². The predicted octanol–water partition coefficient (Wildman–Crippen LogP) is 2.86. The first-order chi connectivity index (χ1) is 7.31. The van der Waals surface area contributed by atoms with Gasteiger partial charge in [-0.1, -0.05) is 6.07 Å². The topological polar surface area (TPSA) is 27.0 Å². The molecule has 0 aliphatic carbocycles. The van der Waals surface area contributed by atoms with E-state index in [1.54, 1.807) is 0 Å². The molecular weight excluding hydrogens is 184 g/mol. The summed E-state index contributed by atoms with van der Waals surface area (Å²) in [4.78, 5) is 2.33. The summed E-state index contributed by atoms with van der Waals surface area (Å²) >= 11 is 0. The lowest BCUT2D eigenvalue weighted by atomic mass is 10.1. The monoisotopic (exact) mass is 200 g/mol. The van der Waals surface area contributed by atoms with Crippen LogP contribution in [0.2, 0.25) is 0 Å². The molecule has 1 saturated heterocycles. The van der Waals surface area contributed by atoms with E-state index in [2.05, 4.69) is 23.1 Å². The minimum atomic E-state index is 0.817. The lowest BCUT2D eigenvalue weighted by molar-refractivity contribution is 0.577. The Balaban J connectivity index is 2.30. The van der Waals surface area contributed by atoms with E-state index in [-0.39, 0.29) is 0 Å². The Morgan fingerprint density at radius 1 is 1.20 bits per heavy atom. The highest BCUT2D eigenvalue weighted by Crippen LogP contribution is 2.24. The number of nitriles is 1. The van der Waals surface area contributed by atoms with E-state index in [9.17, 15) is 0 Å². The molecule has 0 aromatic heterocycles. The SMILES string of the molecule is Cc1ccc(N2CCCCC2)c(C#N)c1. The van der Waals surface area contributed by atoms with Crippen molar-refractivity contribution in [1.29, 1.82) is 5.26 Å². The molecule has 0 radical (unpaired) electrons. The number of hydrogen-bond donors (Lipinski definition) is 0. The molecule has 0 amide bonds. The normalized spacial score (nSPS) is 16.1. The Kier molecular flexibility index (Phi) is 2.91. The van der Waals surface area contributed by atoms with Gasteiger partial charge in [-0.15, -0.1) is 0 Å². The molecule has 0 spiro atoms. The van der Waals surface area contributed by atoms with Crippen LogP contribution in [0, 0.1) is 18.3 Å². The van der Waals surface area contributed by atoms with Gasteiger partial charge in [-0.3, -0.25) is 0 Å². The molecule has 0 bridgehead atoms. The highest BCUT2D eigenvalue weighted by Gasteiger charge is 2.13. The summed E-state index contributed by atoms with van der Waals surface area (Å²) in [5, 5.41) is 9.10. The number of rotatable bonds is 1. The summed E-state index contributed by atoms with van der Waals surface area (Å²) in [6, 6.07) is 8.44. The first-order valence-corrected chi connectivity index (χ1v) is 5.57. The van der Waals surface area contributed by atoms with Crippen molar-refractivity contribution in [3.05, 3.63) is 29.3 Å². The molecule has 2 rings (SSSR count). The van der Waals surface area contributed by atoms with Crippen LogP contribution in [0.3, 0.4) is 0 Å². The average Bonchev–Trinajstić information content (AvgIpc) is 2.30. The number of piperidine rings is 1. The molecule has 1 aromatic rings. The fraction of sp³-hybridized carbons (Fsp3) is 0.462. The van der Waals surface area contributed by atoms with Gasteiger partial charge in [-0.05, 0) is 43.9 Å². The summed E-state index contributed by atoms with van der Waals surface area (Å²) in [6.45, 7) is 4.22. The lowest BCUT2D eigenvalue weighted by Crippen LogP contribution is -2.29. The highest BCUT2D eigenvalue weighted by molar-refractivity contribution is 5.60. The fourth-order valence-corrected chi connectivity index (χ4v) is 2.15. The van der Waals surface area contributed by atoms with Gasteiger partial charge in [-0.2, -0.15) is 5.26 Å². The second-order valence-electron chi connectivity index (χ2n) is 4.18. The van der Waals surface area contributed by atoms with Gasteiger partial charge >= 0.3 is 0 Å². The van der Waals surface area contributed by atoms with Crippen molar-refractivity contribution in [3.8, 4) is 6.07 Å². The third kappa shape index (κ3) is 2.12. The van der Waals surface area contributed by atoms with Crippen molar-refractivity contribution in [1.82, 2.24) is 0 Å². The molecule has 1 heterocycles. The second kappa shape index (κ2) is 4.35. The summed E-state index contributed by atoms with van der Waals surface area (Å²) in [6.07, 6.45) is 3.82. The van der Waals surface area contributed by atoms with Crippen LogP contribution >= 0.6 is 0 Å². The molecule has 78 valence electrons. The third-order valence-electron chi connectivity index (χ3n) is 2.97. The molecule has 1 fully saturated rings. The van der Waals surface area contributed by atoms with Crippen molar-refractivity contribution in [2.24, 2.45) is 0 Å². The maximum atomic E-state index is 9.10. The van der Waals surface area contributed by atoms with E-state index in [0.29, 0.717) is 0 Å². The van der Waals surface area contributed by atoms with Crippen molar-refractivity contribution >= 4 is 5.69 Å². The van der Waals surface area contributed by atoms with Gasteiger partial charge in [0, 0.05) is 13.1 Å². The molecule has 15 heavy (non-hydrogen) atoms. The zero-order chi connectivity index (χ0) is 10.7. The number of hydrogen-bond acceptors (Lipinski definition) is 2. The Morgan fingerprint density at radius 3 is 2.60 bits per heavy atom. The number of aryl methyl sites for hydroxylation is 1. The van der Waals surface area contributed by atoms with E-state index in [4.69, 9.17) is 5.26 Å². The largest absolute Gasteiger partial charge is 0.370 e. The second-order valence-corrected chi connectivity index (χ2v) is 4.18. The number of nitrogens with zero attached hydrogens (tertiary/aromatic N) is 2. The van der Waals surface area contributed by atoms with E-state index in [1.807, 2.05) is 13.0 Å².